The maximum atomic E-state index is 12.9. The van der Waals surface area contributed by atoms with Crippen molar-refractivity contribution in [2.75, 3.05) is 44.1 Å². The highest BCUT2D eigenvalue weighted by Gasteiger charge is 2.25. The third-order valence-corrected chi connectivity index (χ3v) is 8.60. The largest absolute Gasteiger partial charge is 0.377 e. The summed E-state index contributed by atoms with van der Waals surface area (Å²) in [6, 6.07) is 13.7. The van der Waals surface area contributed by atoms with Crippen molar-refractivity contribution < 1.29 is 9.53 Å². The zero-order valence-electron chi connectivity index (χ0n) is 22.5. The van der Waals surface area contributed by atoms with E-state index in [-0.39, 0.29) is 11.9 Å². The molecule has 1 fully saturated rings. The molecule has 5 aromatic heterocycles. The lowest BCUT2D eigenvalue weighted by Crippen LogP contribution is -2.44. The van der Waals surface area contributed by atoms with Gasteiger partial charge >= 0.3 is 0 Å². The van der Waals surface area contributed by atoms with Crippen LogP contribution in [0.4, 0.5) is 11.6 Å². The average molecular weight is 572 g/mol. The summed E-state index contributed by atoms with van der Waals surface area (Å²) in [7, 11) is 4.13. The van der Waals surface area contributed by atoms with Gasteiger partial charge in [-0.2, -0.15) is 0 Å². The zero-order valence-corrected chi connectivity index (χ0v) is 24.1. The molecule has 1 amide bonds. The number of hydrogen-bond acceptors (Lipinski definition) is 10. The predicted octanol–water partition coefficient (Wildman–Crippen LogP) is 5.42. The normalized spacial score (nSPS) is 15.6. The second-order valence-electron chi connectivity index (χ2n) is 9.95. The average Bonchev–Trinajstić information content (AvgIpc) is 3.63. The Bertz CT molecular complexity index is 1630. The third kappa shape index (κ3) is 5.59. The van der Waals surface area contributed by atoms with Crippen LogP contribution in [0.3, 0.4) is 0 Å². The standard InChI is InChI=1S/C29H29N7O2S2/c1-18-17-38-11-10-36(18)28-26-22(14-21(40-26)16-35(2)3)32-27(34-28)20-6-7-25(31-15-20)33-29(37)23-13-19(8-9-30-23)24-5-4-12-39-24/h4-9,12-15,18H,10-11,16-17H2,1-3H3,(H,31,33,37). The van der Waals surface area contributed by atoms with E-state index in [1.807, 2.05) is 29.6 Å². The first-order valence-corrected chi connectivity index (χ1v) is 14.7. The number of nitrogens with one attached hydrogen (secondary N) is 1. The van der Waals surface area contributed by atoms with Crippen molar-refractivity contribution in [2.45, 2.75) is 19.5 Å². The fourth-order valence-electron chi connectivity index (χ4n) is 4.65. The molecule has 1 aliphatic heterocycles. The zero-order chi connectivity index (χ0) is 27.6. The summed E-state index contributed by atoms with van der Waals surface area (Å²) < 4.78 is 6.77. The number of amides is 1. The molecule has 9 nitrogen and oxygen atoms in total. The van der Waals surface area contributed by atoms with Crippen LogP contribution in [0.15, 0.2) is 60.2 Å². The maximum Gasteiger partial charge on any atom is 0.275 e. The molecule has 0 saturated carbocycles. The highest BCUT2D eigenvalue weighted by molar-refractivity contribution is 7.19. The van der Waals surface area contributed by atoms with Gasteiger partial charge in [-0.15, -0.1) is 22.7 Å². The number of pyridine rings is 2. The molecule has 5 aromatic rings. The Morgan fingerprint density at radius 2 is 2.05 bits per heavy atom. The number of ether oxygens (including phenoxy) is 1. The number of anilines is 2. The first kappa shape index (κ1) is 26.5. The summed E-state index contributed by atoms with van der Waals surface area (Å²) in [6.07, 6.45) is 3.35. The van der Waals surface area contributed by atoms with Gasteiger partial charge in [-0.1, -0.05) is 6.07 Å². The maximum absolute atomic E-state index is 12.9. The summed E-state index contributed by atoms with van der Waals surface area (Å²) in [4.78, 5) is 38.4. The fourth-order valence-corrected chi connectivity index (χ4v) is 6.59. The highest BCUT2D eigenvalue weighted by atomic mass is 32.1. The van der Waals surface area contributed by atoms with Gasteiger partial charge in [-0.25, -0.2) is 15.0 Å². The summed E-state index contributed by atoms with van der Waals surface area (Å²) in [5.74, 6) is 1.65. The van der Waals surface area contributed by atoms with Gasteiger partial charge in [0.05, 0.1) is 29.5 Å². The molecule has 1 atom stereocenters. The number of nitrogens with zero attached hydrogens (tertiary/aromatic N) is 6. The summed E-state index contributed by atoms with van der Waals surface area (Å²) in [5, 5.41) is 4.86. The van der Waals surface area contributed by atoms with E-state index in [1.165, 1.54) is 4.88 Å². The van der Waals surface area contributed by atoms with E-state index < -0.39 is 0 Å². The minimum absolute atomic E-state index is 0.210. The predicted molar refractivity (Wildman–Crippen MR) is 161 cm³/mol. The van der Waals surface area contributed by atoms with Crippen LogP contribution in [0, 0.1) is 0 Å². The molecule has 0 radical (unpaired) electrons. The fraction of sp³-hybridized carbons (Fsp3) is 0.276. The van der Waals surface area contributed by atoms with Crippen LogP contribution in [0.5, 0.6) is 0 Å². The quantitative estimate of drug-likeness (QED) is 0.277. The molecule has 11 heteroatoms. The van der Waals surface area contributed by atoms with Gasteiger partial charge in [-0.05, 0) is 68.4 Å². The molecular formula is C29H29N7O2S2. The Morgan fingerprint density at radius 1 is 1.15 bits per heavy atom. The Kier molecular flexibility index (Phi) is 7.53. The number of hydrogen-bond donors (Lipinski definition) is 1. The van der Waals surface area contributed by atoms with Crippen molar-refractivity contribution in [1.82, 2.24) is 24.8 Å². The molecule has 1 aliphatic rings. The van der Waals surface area contributed by atoms with Crippen molar-refractivity contribution in [3.05, 3.63) is 70.8 Å². The number of aromatic nitrogens is 4. The molecule has 1 unspecified atom stereocenters. The molecule has 0 bridgehead atoms. The Balaban J connectivity index is 1.27. The monoisotopic (exact) mass is 571 g/mol. The third-order valence-electron chi connectivity index (χ3n) is 6.58. The van der Waals surface area contributed by atoms with Gasteiger partial charge in [0.25, 0.3) is 5.91 Å². The van der Waals surface area contributed by atoms with Gasteiger partial charge in [0.15, 0.2) is 11.6 Å². The van der Waals surface area contributed by atoms with Crippen molar-refractivity contribution >= 4 is 50.4 Å². The van der Waals surface area contributed by atoms with Gasteiger partial charge in [-0.3, -0.25) is 9.78 Å². The lowest BCUT2D eigenvalue weighted by Gasteiger charge is -2.34. The van der Waals surface area contributed by atoms with Crippen LogP contribution < -0.4 is 10.2 Å². The molecule has 6 heterocycles. The Hall–Kier alpha value is -3.77. The van der Waals surface area contributed by atoms with Gasteiger partial charge in [0.1, 0.15) is 11.5 Å². The smallest absolute Gasteiger partial charge is 0.275 e. The number of carbonyl (C=O) groups excluding carboxylic acids is 1. The van der Waals surface area contributed by atoms with E-state index in [1.54, 1.807) is 47.2 Å². The molecule has 204 valence electrons. The number of carbonyl (C=O) groups is 1. The van der Waals surface area contributed by atoms with E-state index in [2.05, 4.69) is 52.2 Å². The van der Waals surface area contributed by atoms with Crippen molar-refractivity contribution in [1.29, 1.82) is 0 Å². The minimum Gasteiger partial charge on any atom is -0.377 e. The molecule has 40 heavy (non-hydrogen) atoms. The molecule has 0 spiro atoms. The number of morpholine rings is 1. The lowest BCUT2D eigenvalue weighted by atomic mass is 10.2. The van der Waals surface area contributed by atoms with E-state index in [4.69, 9.17) is 14.7 Å². The second-order valence-corrected chi connectivity index (χ2v) is 12.0. The first-order valence-electron chi connectivity index (χ1n) is 13.0. The summed E-state index contributed by atoms with van der Waals surface area (Å²) in [6.45, 7) is 5.11. The van der Waals surface area contributed by atoms with Crippen LogP contribution in [0.25, 0.3) is 32.0 Å². The first-order chi connectivity index (χ1) is 19.4. The number of fused-ring (bicyclic) bond motifs is 1. The van der Waals surface area contributed by atoms with Gasteiger partial charge < -0.3 is 19.9 Å². The second kappa shape index (κ2) is 11.4. The molecule has 6 rings (SSSR count). The molecule has 0 aliphatic carbocycles. The van der Waals surface area contributed by atoms with Gasteiger partial charge in [0, 0.05) is 40.8 Å². The lowest BCUT2D eigenvalue weighted by molar-refractivity contribution is 0.0987. The SMILES string of the molecule is CC1COCCN1c1nc(-c2ccc(NC(=O)c3cc(-c4cccs4)ccn3)nc2)nc2cc(CN(C)C)sc12. The van der Waals surface area contributed by atoms with E-state index >= 15 is 0 Å². The van der Waals surface area contributed by atoms with Crippen molar-refractivity contribution in [3.63, 3.8) is 0 Å². The summed E-state index contributed by atoms with van der Waals surface area (Å²) in [5.41, 5.74) is 2.99. The highest BCUT2D eigenvalue weighted by Crippen LogP contribution is 2.36. The van der Waals surface area contributed by atoms with E-state index in [0.29, 0.717) is 30.5 Å². The van der Waals surface area contributed by atoms with Crippen LogP contribution in [-0.4, -0.2) is 70.6 Å². The molecule has 1 N–H and O–H groups in total. The number of thiophene rings is 2. The Morgan fingerprint density at radius 3 is 2.80 bits per heavy atom. The van der Waals surface area contributed by atoms with Crippen LogP contribution in [-0.2, 0) is 11.3 Å². The minimum atomic E-state index is -0.313. The van der Waals surface area contributed by atoms with Gasteiger partial charge in [0.2, 0.25) is 0 Å². The van der Waals surface area contributed by atoms with Crippen molar-refractivity contribution in [2.24, 2.45) is 0 Å². The topological polar surface area (TPSA) is 96.4 Å². The molecule has 0 aromatic carbocycles. The van der Waals surface area contributed by atoms with Crippen LogP contribution >= 0.6 is 22.7 Å². The Labute approximate surface area is 240 Å². The van der Waals surface area contributed by atoms with E-state index in [9.17, 15) is 4.79 Å². The van der Waals surface area contributed by atoms with Crippen LogP contribution in [0.1, 0.15) is 22.3 Å². The van der Waals surface area contributed by atoms with Crippen LogP contribution in [0.2, 0.25) is 0 Å². The van der Waals surface area contributed by atoms with Crippen molar-refractivity contribution in [3.8, 4) is 21.8 Å². The summed E-state index contributed by atoms with van der Waals surface area (Å²) >= 11 is 3.36. The van der Waals surface area contributed by atoms with E-state index in [0.717, 1.165) is 45.1 Å². The molecule has 1 saturated heterocycles. The molecular weight excluding hydrogens is 543 g/mol. The number of rotatable bonds is 7.